The summed E-state index contributed by atoms with van der Waals surface area (Å²) in [4.78, 5) is 22.9. The van der Waals surface area contributed by atoms with E-state index in [0.29, 0.717) is 62.1 Å². The molecule has 11 nitrogen and oxygen atoms in total. The number of nitrogens with one attached hydrogen (secondary N) is 2. The molecule has 0 amide bonds. The Morgan fingerprint density at radius 2 is 1.81 bits per heavy atom. The third kappa shape index (κ3) is 8.37. The third-order valence-corrected chi connectivity index (χ3v) is 14.4. The first kappa shape index (κ1) is 37.9. The van der Waals surface area contributed by atoms with Crippen LogP contribution in [0.3, 0.4) is 0 Å². The van der Waals surface area contributed by atoms with Crippen LogP contribution in [0.15, 0.2) is 23.2 Å². The summed E-state index contributed by atoms with van der Waals surface area (Å²) in [6, 6.07) is 5.98. The van der Waals surface area contributed by atoms with E-state index in [-0.39, 0.29) is 35.1 Å². The second kappa shape index (κ2) is 16.2. The number of nitrogens with zero attached hydrogens (tertiary/aromatic N) is 3. The van der Waals surface area contributed by atoms with Gasteiger partial charge in [-0.25, -0.2) is 4.99 Å². The molecule has 6 heterocycles. The van der Waals surface area contributed by atoms with Crippen LogP contribution in [0.5, 0.6) is 11.5 Å². The normalized spacial score (nSPS) is 39.6. The van der Waals surface area contributed by atoms with Crippen LogP contribution in [-0.2, 0) is 16.0 Å². The quantitative estimate of drug-likeness (QED) is 0.212. The Labute approximate surface area is 322 Å². The van der Waals surface area contributed by atoms with Crippen LogP contribution in [0.4, 0.5) is 0 Å². The van der Waals surface area contributed by atoms with Crippen molar-refractivity contribution in [3.63, 3.8) is 0 Å². The lowest BCUT2D eigenvalue weighted by molar-refractivity contribution is -0.152. The number of fused-ring (bicyclic) bond motifs is 8. The van der Waals surface area contributed by atoms with Crippen LogP contribution in [-0.4, -0.2) is 109 Å². The number of aliphatic imine (C=N–C) groups is 1. The largest absolute Gasteiger partial charge is 0.504 e. The van der Waals surface area contributed by atoms with Crippen LogP contribution >= 0.6 is 0 Å². The van der Waals surface area contributed by atoms with Gasteiger partial charge in [0.05, 0.1) is 18.2 Å². The first-order chi connectivity index (χ1) is 26.1. The molecular weight excluding hydrogens is 681 g/mol. The third-order valence-electron chi connectivity index (χ3n) is 14.4. The average Bonchev–Trinajstić information content (AvgIpc) is 3.62. The Hall–Kier alpha value is -3.04. The summed E-state index contributed by atoms with van der Waals surface area (Å²) in [6.45, 7) is 8.99. The van der Waals surface area contributed by atoms with Gasteiger partial charge in [0.1, 0.15) is 12.2 Å². The van der Waals surface area contributed by atoms with Crippen molar-refractivity contribution >= 4 is 11.9 Å². The van der Waals surface area contributed by atoms with Crippen molar-refractivity contribution in [2.75, 3.05) is 52.5 Å². The highest BCUT2D eigenvalue weighted by Crippen LogP contribution is 2.55. The molecule has 8 bridgehead atoms. The van der Waals surface area contributed by atoms with Crippen molar-refractivity contribution in [1.29, 1.82) is 0 Å². The number of guanidine groups is 1. The molecule has 11 heteroatoms. The van der Waals surface area contributed by atoms with Gasteiger partial charge in [-0.3, -0.25) is 9.69 Å². The van der Waals surface area contributed by atoms with Crippen molar-refractivity contribution in [1.82, 2.24) is 20.4 Å². The van der Waals surface area contributed by atoms with Crippen LogP contribution in [0.2, 0.25) is 0 Å². The molecule has 8 aliphatic rings. The molecule has 1 aromatic rings. The highest BCUT2D eigenvalue weighted by Gasteiger charge is 2.54. The summed E-state index contributed by atoms with van der Waals surface area (Å²) >= 11 is 0. The van der Waals surface area contributed by atoms with Gasteiger partial charge in [0.2, 0.25) is 0 Å². The first-order valence-electron chi connectivity index (χ1n) is 21.2. The molecule has 3 saturated heterocycles. The summed E-state index contributed by atoms with van der Waals surface area (Å²) in [7, 11) is 0. The number of aliphatic hydroxyl groups excluding tert-OH is 1. The van der Waals surface area contributed by atoms with E-state index in [1.54, 1.807) is 6.07 Å². The maximum absolute atomic E-state index is 12.7. The van der Waals surface area contributed by atoms with E-state index in [0.717, 1.165) is 96.2 Å². The van der Waals surface area contributed by atoms with E-state index in [4.69, 9.17) is 20.2 Å². The van der Waals surface area contributed by atoms with Crippen molar-refractivity contribution in [2.24, 2.45) is 45.2 Å². The molecule has 0 radical (unpaired) electrons. The molecule has 2 spiro atoms. The number of phenolic OH excluding ortho intramolecular Hbond substituents is 1. The monoisotopic (exact) mass is 744 g/mol. The molecule has 2 aliphatic carbocycles. The van der Waals surface area contributed by atoms with Gasteiger partial charge in [0.15, 0.2) is 17.5 Å². The summed E-state index contributed by atoms with van der Waals surface area (Å²) in [6.07, 6.45) is 11.7. The number of aromatic hydroxyl groups is 1. The van der Waals surface area contributed by atoms with E-state index >= 15 is 0 Å². The van der Waals surface area contributed by atoms with E-state index < -0.39 is 17.6 Å². The highest BCUT2D eigenvalue weighted by molar-refractivity contribution is 5.77. The van der Waals surface area contributed by atoms with Crippen LogP contribution < -0.4 is 21.1 Å². The topological polar surface area (TPSA) is 145 Å². The number of piperidine rings is 3. The zero-order chi connectivity index (χ0) is 37.3. The number of phenols is 1. The Morgan fingerprint density at radius 1 is 1.02 bits per heavy atom. The minimum absolute atomic E-state index is 0.0390. The second-order valence-corrected chi connectivity index (χ2v) is 18.3. The molecule has 296 valence electrons. The number of hydrogen-bond acceptors (Lipinski definition) is 11. The molecule has 4 fully saturated rings. The number of rotatable bonds is 1. The first-order valence-corrected chi connectivity index (χ1v) is 21.2. The predicted octanol–water partition coefficient (Wildman–Crippen LogP) is 4.01. The van der Waals surface area contributed by atoms with Crippen molar-refractivity contribution in [3.8, 4) is 23.3 Å². The molecule has 6 aliphatic heterocycles. The molecule has 1 saturated carbocycles. The smallest absolute Gasteiger partial charge is 0.302 e. The van der Waals surface area contributed by atoms with Crippen molar-refractivity contribution in [3.05, 3.63) is 23.8 Å². The number of nitrogens with two attached hydrogens (primary N) is 1. The van der Waals surface area contributed by atoms with Gasteiger partial charge in [-0.1, -0.05) is 37.2 Å². The minimum atomic E-state index is -0.660. The number of carbonyl (C=O) groups excluding carboxylic acids is 1. The van der Waals surface area contributed by atoms with Crippen LogP contribution in [0, 0.1) is 46.3 Å². The summed E-state index contributed by atoms with van der Waals surface area (Å²) < 4.78 is 12.6. The maximum Gasteiger partial charge on any atom is 0.302 e. The summed E-state index contributed by atoms with van der Waals surface area (Å²) in [5.41, 5.74) is 7.20. The van der Waals surface area contributed by atoms with E-state index in [9.17, 15) is 15.0 Å². The lowest BCUT2D eigenvalue weighted by atomic mass is 9.58. The Kier molecular flexibility index (Phi) is 11.4. The van der Waals surface area contributed by atoms with Gasteiger partial charge in [-0.05, 0) is 100 Å². The molecule has 2 unspecified atom stereocenters. The zero-order valence-electron chi connectivity index (χ0n) is 32.4. The van der Waals surface area contributed by atoms with Crippen molar-refractivity contribution < 1.29 is 24.5 Å². The lowest BCUT2D eigenvalue weighted by Crippen LogP contribution is -2.57. The molecule has 0 aromatic heterocycles. The predicted molar refractivity (Wildman–Crippen MR) is 209 cm³/mol. The SMILES string of the molecule is CC(=O)O[C@H]1C[C@@H](O)CC[C@]2(C#C[C@@H]3CCC[C@H]4C[C@@H](CCN4)Oc4cc(ccc4O)C[C@@H]31)CNC(N)=NCN1C[C@H]3C[C@@H](C1)CN(C3)CC21CCCC1. The number of benzene rings is 1. The summed E-state index contributed by atoms with van der Waals surface area (Å²) in [5, 5.41) is 30.2. The van der Waals surface area contributed by atoms with Gasteiger partial charge in [-0.15, -0.1) is 0 Å². The maximum atomic E-state index is 12.7. The van der Waals surface area contributed by atoms with Crippen LogP contribution in [0.1, 0.15) is 96.0 Å². The Balaban J connectivity index is 1.23. The zero-order valence-corrected chi connectivity index (χ0v) is 32.4. The number of ether oxygens (including phenoxy) is 2. The molecule has 1 aromatic carbocycles. The molecule has 6 N–H and O–H groups in total. The van der Waals surface area contributed by atoms with Gasteiger partial charge >= 0.3 is 5.97 Å². The number of esters is 1. The standard InChI is InChI=1S/C43H64N6O5/c1-29(50)53-39-21-35(51)10-15-42(26-46-41(44)47-28-49-24-31-17-32(25-49)23-48(22-31)27-43(42)12-2-3-13-43)14-9-33-5-4-6-34-20-36(11-16-45-34)54-40-19-30(18-37(33)39)7-8-38(40)52/h7-8,19,31-37,39,45,51-52H,2-6,10-13,15-18,20-28H2,1H3,(H3,44,46,47)/t31-,32+,33-,34-,35-,36+,37-,39-,42+/m0/s1. The van der Waals surface area contributed by atoms with Crippen LogP contribution in [0.25, 0.3) is 0 Å². The van der Waals surface area contributed by atoms with Gasteiger partial charge < -0.3 is 41.0 Å². The second-order valence-electron chi connectivity index (χ2n) is 18.3. The average molecular weight is 745 g/mol. The van der Waals surface area contributed by atoms with E-state index in [1.807, 2.05) is 12.1 Å². The fraction of sp³-hybridized carbons (Fsp3) is 0.767. The Bertz CT molecular complexity index is 1570. The molecule has 9 rings (SSSR count). The number of carbonyl (C=O) groups is 1. The van der Waals surface area contributed by atoms with Crippen molar-refractivity contribution in [2.45, 2.75) is 121 Å². The van der Waals surface area contributed by atoms with E-state index in [1.165, 1.54) is 26.2 Å². The fourth-order valence-corrected chi connectivity index (χ4v) is 11.9. The highest BCUT2D eigenvalue weighted by atomic mass is 16.5. The molecule has 54 heavy (non-hydrogen) atoms. The van der Waals surface area contributed by atoms with E-state index in [2.05, 4.69) is 32.3 Å². The summed E-state index contributed by atoms with van der Waals surface area (Å²) in [5.74, 6) is 9.96. The lowest BCUT2D eigenvalue weighted by Gasteiger charge is -2.52. The molecular formula is C43H64N6O5. The molecule has 11 atom stereocenters. The Morgan fingerprint density at radius 3 is 2.61 bits per heavy atom. The van der Waals surface area contributed by atoms with Gasteiger partial charge in [-0.2, -0.15) is 0 Å². The number of aliphatic hydroxyl groups is 1. The number of hydrogen-bond donors (Lipinski definition) is 5. The van der Waals surface area contributed by atoms with Gasteiger partial charge in [0.25, 0.3) is 0 Å². The van der Waals surface area contributed by atoms with Gasteiger partial charge in [0, 0.05) is 75.9 Å². The minimum Gasteiger partial charge on any atom is -0.504 e. The fourth-order valence-electron chi connectivity index (χ4n) is 11.9.